The lowest BCUT2D eigenvalue weighted by atomic mass is 10.2. The number of aryl methyl sites for hydroxylation is 1. The van der Waals surface area contributed by atoms with Gasteiger partial charge >= 0.3 is 0 Å². The summed E-state index contributed by atoms with van der Waals surface area (Å²) in [7, 11) is 0. The Bertz CT molecular complexity index is 779. The van der Waals surface area contributed by atoms with Crippen LogP contribution in [0.4, 0.5) is 11.4 Å². The number of nitrogens with zero attached hydrogens (tertiary/aromatic N) is 1. The van der Waals surface area contributed by atoms with Crippen molar-refractivity contribution in [2.45, 2.75) is 13.3 Å². The number of halogens is 1. The van der Waals surface area contributed by atoms with E-state index in [0.29, 0.717) is 16.9 Å². The minimum absolute atomic E-state index is 0.291. The number of carbonyl (C=O) groups is 2. The molecule has 2 amide bonds. The van der Waals surface area contributed by atoms with Gasteiger partial charge in [-0.1, -0.05) is 6.07 Å². The van der Waals surface area contributed by atoms with Crippen molar-refractivity contribution < 1.29 is 9.59 Å². The predicted molar refractivity (Wildman–Crippen MR) is 91.9 cm³/mol. The molecule has 0 saturated heterocycles. The van der Waals surface area contributed by atoms with Gasteiger partial charge in [-0.15, -0.1) is 0 Å². The summed E-state index contributed by atoms with van der Waals surface area (Å²) in [6.45, 7) is 1.95. The molecule has 6 heteroatoms. The monoisotopic (exact) mass is 371 g/mol. The van der Waals surface area contributed by atoms with Gasteiger partial charge in [0.1, 0.15) is 6.42 Å². The summed E-state index contributed by atoms with van der Waals surface area (Å²) < 4.78 is 0.762. The number of carbonyl (C=O) groups excluding carboxylic acids is 2. The third-order valence-corrected chi connectivity index (χ3v) is 3.67. The summed E-state index contributed by atoms with van der Waals surface area (Å²) in [5.41, 5.74) is 2.73. The van der Waals surface area contributed by atoms with Gasteiger partial charge in [0, 0.05) is 10.2 Å². The highest BCUT2D eigenvalue weighted by Crippen LogP contribution is 2.23. The van der Waals surface area contributed by atoms with Gasteiger partial charge in [-0.25, -0.2) is 0 Å². The standard InChI is InChI=1S/C17H14BrN3O2/c1-11-2-7-15(14(18)8-11)21-17(23)9-16(22)20-13-5-3-12(10-19)4-6-13/h2-8H,9H2,1H3,(H,20,22)(H,21,23). The maximum Gasteiger partial charge on any atom is 0.233 e. The Labute approximate surface area is 142 Å². The maximum absolute atomic E-state index is 11.9. The Morgan fingerprint density at radius 1 is 1.09 bits per heavy atom. The third kappa shape index (κ3) is 4.94. The summed E-state index contributed by atoms with van der Waals surface area (Å²) in [5.74, 6) is -0.823. The Hall–Kier alpha value is -2.65. The number of hydrogen-bond donors (Lipinski definition) is 2. The van der Waals surface area contributed by atoms with Crippen LogP contribution in [0.3, 0.4) is 0 Å². The lowest BCUT2D eigenvalue weighted by Crippen LogP contribution is -2.21. The lowest BCUT2D eigenvalue weighted by Gasteiger charge is -2.09. The third-order valence-electron chi connectivity index (χ3n) is 3.02. The highest BCUT2D eigenvalue weighted by molar-refractivity contribution is 9.10. The molecule has 0 aromatic heterocycles. The second-order valence-corrected chi connectivity index (χ2v) is 5.80. The van der Waals surface area contributed by atoms with E-state index in [4.69, 9.17) is 5.26 Å². The zero-order valence-electron chi connectivity index (χ0n) is 12.4. The predicted octanol–water partition coefficient (Wildman–Crippen LogP) is 3.60. The topological polar surface area (TPSA) is 82.0 Å². The Morgan fingerprint density at radius 3 is 2.35 bits per heavy atom. The van der Waals surface area contributed by atoms with Crippen molar-refractivity contribution in [1.29, 1.82) is 5.26 Å². The van der Waals surface area contributed by atoms with Gasteiger partial charge in [0.25, 0.3) is 0 Å². The summed E-state index contributed by atoms with van der Waals surface area (Å²) >= 11 is 3.37. The molecule has 2 aromatic carbocycles. The quantitative estimate of drug-likeness (QED) is 0.805. The molecule has 0 unspecified atom stereocenters. The smallest absolute Gasteiger partial charge is 0.233 e. The van der Waals surface area contributed by atoms with Crippen molar-refractivity contribution in [3.8, 4) is 6.07 Å². The lowest BCUT2D eigenvalue weighted by molar-refractivity contribution is -0.123. The van der Waals surface area contributed by atoms with Crippen molar-refractivity contribution >= 4 is 39.1 Å². The molecule has 0 fully saturated rings. The maximum atomic E-state index is 11.9. The Kier molecular flexibility index (Phi) is 5.50. The van der Waals surface area contributed by atoms with E-state index in [-0.39, 0.29) is 6.42 Å². The molecule has 0 heterocycles. The van der Waals surface area contributed by atoms with E-state index >= 15 is 0 Å². The molecule has 23 heavy (non-hydrogen) atoms. The van der Waals surface area contributed by atoms with Crippen LogP contribution in [0.1, 0.15) is 17.5 Å². The molecule has 2 N–H and O–H groups in total. The number of hydrogen-bond acceptors (Lipinski definition) is 3. The number of anilines is 2. The Morgan fingerprint density at radius 2 is 1.74 bits per heavy atom. The normalized spacial score (nSPS) is 9.78. The second kappa shape index (κ2) is 7.56. The Balaban J connectivity index is 1.91. The number of amides is 2. The fourth-order valence-corrected chi connectivity index (χ4v) is 2.49. The summed E-state index contributed by atoms with van der Waals surface area (Å²) in [5, 5.41) is 14.0. The zero-order chi connectivity index (χ0) is 16.8. The first-order chi connectivity index (χ1) is 11.0. The van der Waals surface area contributed by atoms with Gasteiger partial charge in [-0.3, -0.25) is 9.59 Å². The first-order valence-electron chi connectivity index (χ1n) is 6.84. The fraction of sp³-hybridized carbons (Fsp3) is 0.118. The van der Waals surface area contributed by atoms with Gasteiger partial charge in [0.2, 0.25) is 11.8 Å². The van der Waals surface area contributed by atoms with Crippen molar-refractivity contribution in [2.24, 2.45) is 0 Å². The molecule has 0 atom stereocenters. The molecule has 0 spiro atoms. The fourth-order valence-electron chi connectivity index (χ4n) is 1.90. The highest BCUT2D eigenvalue weighted by atomic mass is 79.9. The molecule has 0 bridgehead atoms. The molecule has 0 aliphatic carbocycles. The van der Waals surface area contributed by atoms with Crippen LogP contribution in [-0.4, -0.2) is 11.8 Å². The van der Waals surface area contributed by atoms with Crippen LogP contribution in [0.5, 0.6) is 0 Å². The zero-order valence-corrected chi connectivity index (χ0v) is 14.0. The molecule has 2 aromatic rings. The molecular weight excluding hydrogens is 358 g/mol. The molecule has 2 rings (SSSR count). The van der Waals surface area contributed by atoms with Gasteiger partial charge in [0.05, 0.1) is 17.3 Å². The number of nitriles is 1. The van der Waals surface area contributed by atoms with Crippen molar-refractivity contribution in [2.75, 3.05) is 10.6 Å². The molecular formula is C17H14BrN3O2. The first-order valence-corrected chi connectivity index (χ1v) is 7.63. The van der Waals surface area contributed by atoms with E-state index in [9.17, 15) is 9.59 Å². The second-order valence-electron chi connectivity index (χ2n) is 4.95. The average Bonchev–Trinajstić information content (AvgIpc) is 2.50. The van der Waals surface area contributed by atoms with E-state index in [0.717, 1.165) is 10.0 Å². The first kappa shape index (κ1) is 16.7. The molecule has 116 valence electrons. The van der Waals surface area contributed by atoms with E-state index in [2.05, 4.69) is 26.6 Å². The van der Waals surface area contributed by atoms with Gasteiger partial charge in [0.15, 0.2) is 0 Å². The van der Waals surface area contributed by atoms with Crippen LogP contribution in [0.2, 0.25) is 0 Å². The summed E-state index contributed by atoms with van der Waals surface area (Å²) in [4.78, 5) is 23.8. The average molecular weight is 372 g/mol. The van der Waals surface area contributed by atoms with E-state index in [1.165, 1.54) is 0 Å². The van der Waals surface area contributed by atoms with Crippen LogP contribution >= 0.6 is 15.9 Å². The van der Waals surface area contributed by atoms with Crippen molar-refractivity contribution in [1.82, 2.24) is 0 Å². The molecule has 0 saturated carbocycles. The van der Waals surface area contributed by atoms with Crippen LogP contribution in [-0.2, 0) is 9.59 Å². The number of nitrogens with one attached hydrogen (secondary N) is 2. The van der Waals surface area contributed by atoms with E-state index in [1.54, 1.807) is 30.3 Å². The van der Waals surface area contributed by atoms with Crippen LogP contribution in [0.25, 0.3) is 0 Å². The summed E-state index contributed by atoms with van der Waals surface area (Å²) in [6, 6.07) is 13.9. The van der Waals surface area contributed by atoms with E-state index < -0.39 is 11.8 Å². The number of benzene rings is 2. The molecule has 0 radical (unpaired) electrons. The van der Waals surface area contributed by atoms with Gasteiger partial charge < -0.3 is 10.6 Å². The van der Waals surface area contributed by atoms with Crippen LogP contribution < -0.4 is 10.6 Å². The molecule has 0 aliphatic rings. The highest BCUT2D eigenvalue weighted by Gasteiger charge is 2.11. The minimum Gasteiger partial charge on any atom is -0.326 e. The van der Waals surface area contributed by atoms with Crippen LogP contribution in [0, 0.1) is 18.3 Å². The molecule has 5 nitrogen and oxygen atoms in total. The van der Waals surface area contributed by atoms with Crippen molar-refractivity contribution in [3.05, 3.63) is 58.1 Å². The van der Waals surface area contributed by atoms with Crippen molar-refractivity contribution in [3.63, 3.8) is 0 Å². The summed E-state index contributed by atoms with van der Waals surface area (Å²) in [6.07, 6.45) is -0.291. The van der Waals surface area contributed by atoms with Crippen LogP contribution in [0.15, 0.2) is 46.9 Å². The van der Waals surface area contributed by atoms with Gasteiger partial charge in [-0.2, -0.15) is 5.26 Å². The minimum atomic E-state index is -0.421. The SMILES string of the molecule is Cc1ccc(NC(=O)CC(=O)Nc2ccc(C#N)cc2)c(Br)c1. The van der Waals surface area contributed by atoms with Gasteiger partial charge in [-0.05, 0) is 64.8 Å². The largest absolute Gasteiger partial charge is 0.326 e. The number of rotatable bonds is 4. The van der Waals surface area contributed by atoms with E-state index in [1.807, 2.05) is 25.1 Å². The molecule has 0 aliphatic heterocycles.